The average Bonchev–Trinajstić information content (AvgIpc) is 1.93. The van der Waals surface area contributed by atoms with Gasteiger partial charge >= 0.3 is 51.4 Å². The van der Waals surface area contributed by atoms with E-state index < -0.39 is 0 Å². The van der Waals surface area contributed by atoms with Gasteiger partial charge in [0, 0.05) is 8.95 Å². The Morgan fingerprint density at radius 2 is 1.55 bits per heavy atom. The Kier molecular flexibility index (Phi) is 6.84. The summed E-state index contributed by atoms with van der Waals surface area (Å²) in [4.78, 5) is 0. The SMILES string of the molecule is Oc1ccc(Br)c(Br)c1Br.[KH]. The first-order valence-electron chi connectivity index (χ1n) is 2.45. The summed E-state index contributed by atoms with van der Waals surface area (Å²) in [5.74, 6) is 0.232. The van der Waals surface area contributed by atoms with Crippen LogP contribution in [0.1, 0.15) is 0 Å². The van der Waals surface area contributed by atoms with Crippen molar-refractivity contribution in [3.8, 4) is 5.75 Å². The van der Waals surface area contributed by atoms with Gasteiger partial charge in [0.1, 0.15) is 5.75 Å². The van der Waals surface area contributed by atoms with Crippen molar-refractivity contribution in [3.63, 3.8) is 0 Å². The Morgan fingerprint density at radius 3 is 2.00 bits per heavy atom. The molecule has 1 aromatic carbocycles. The first-order valence-corrected chi connectivity index (χ1v) is 4.83. The molecule has 1 nitrogen and oxygen atoms in total. The zero-order valence-electron chi connectivity index (χ0n) is 4.74. The zero-order chi connectivity index (χ0) is 7.72. The molecule has 0 heterocycles. The second kappa shape index (κ2) is 5.75. The summed E-state index contributed by atoms with van der Waals surface area (Å²) in [6, 6.07) is 3.38. The second-order valence-corrected chi connectivity index (χ2v) is 4.13. The Morgan fingerprint density at radius 1 is 1.00 bits per heavy atom. The molecule has 5 heteroatoms. The Balaban J connectivity index is 0.000001000. The number of phenolic OH excluding ortho intramolecular Hbond substituents is 1. The second-order valence-electron chi connectivity index (χ2n) is 1.69. The Labute approximate surface area is 133 Å². The van der Waals surface area contributed by atoms with Gasteiger partial charge in [-0.05, 0) is 59.9 Å². The summed E-state index contributed by atoms with van der Waals surface area (Å²) in [5, 5.41) is 9.13. The van der Waals surface area contributed by atoms with Crippen LogP contribution >= 0.6 is 47.8 Å². The summed E-state index contributed by atoms with van der Waals surface area (Å²) in [5.41, 5.74) is 0. The van der Waals surface area contributed by atoms with E-state index in [2.05, 4.69) is 47.8 Å². The molecule has 0 atom stereocenters. The summed E-state index contributed by atoms with van der Waals surface area (Å²) >= 11 is 9.77. The molecule has 0 saturated carbocycles. The molecule has 1 aromatic rings. The summed E-state index contributed by atoms with van der Waals surface area (Å²) < 4.78 is 2.41. The zero-order valence-corrected chi connectivity index (χ0v) is 9.49. The van der Waals surface area contributed by atoms with Crippen molar-refractivity contribution < 1.29 is 5.11 Å². The third-order valence-corrected chi connectivity index (χ3v) is 4.37. The van der Waals surface area contributed by atoms with E-state index in [0.29, 0.717) is 4.47 Å². The van der Waals surface area contributed by atoms with Crippen LogP contribution in [0.3, 0.4) is 0 Å². The first kappa shape index (κ1) is 13.1. The van der Waals surface area contributed by atoms with Gasteiger partial charge < -0.3 is 5.11 Å². The van der Waals surface area contributed by atoms with Gasteiger partial charge in [0.25, 0.3) is 0 Å². The van der Waals surface area contributed by atoms with Crippen LogP contribution in [0.25, 0.3) is 0 Å². The van der Waals surface area contributed by atoms with Crippen molar-refractivity contribution >= 4 is 99.2 Å². The van der Waals surface area contributed by atoms with E-state index in [1.807, 2.05) is 0 Å². The van der Waals surface area contributed by atoms with Crippen LogP contribution in [0.5, 0.6) is 5.75 Å². The maximum atomic E-state index is 9.13. The van der Waals surface area contributed by atoms with E-state index in [4.69, 9.17) is 5.11 Å². The van der Waals surface area contributed by atoms with Crippen molar-refractivity contribution in [2.45, 2.75) is 0 Å². The molecule has 0 unspecified atom stereocenters. The molecule has 0 spiro atoms. The van der Waals surface area contributed by atoms with Gasteiger partial charge in [0.2, 0.25) is 0 Å². The quantitative estimate of drug-likeness (QED) is 0.549. The summed E-state index contributed by atoms with van der Waals surface area (Å²) in [6.45, 7) is 0. The third kappa shape index (κ3) is 3.38. The number of hydrogen-bond donors (Lipinski definition) is 1. The fraction of sp³-hybridized carbons (Fsp3) is 0. The average molecular weight is 371 g/mol. The Bertz CT molecular complexity index is 237. The number of halogens is 3. The number of benzene rings is 1. The normalized spacial score (nSPS) is 9.00. The van der Waals surface area contributed by atoms with E-state index in [9.17, 15) is 0 Å². The van der Waals surface area contributed by atoms with Crippen molar-refractivity contribution in [1.29, 1.82) is 0 Å². The molecule has 0 aliphatic carbocycles. The molecule has 0 radical (unpaired) electrons. The molecule has 0 aliphatic rings. The molecule has 0 aliphatic heterocycles. The third-order valence-electron chi connectivity index (χ3n) is 1.01. The summed E-state index contributed by atoms with van der Waals surface area (Å²) in [6.07, 6.45) is 0. The van der Waals surface area contributed by atoms with Gasteiger partial charge in [-0.3, -0.25) is 0 Å². The fourth-order valence-electron chi connectivity index (χ4n) is 0.516. The van der Waals surface area contributed by atoms with Crippen LogP contribution in [0, 0.1) is 0 Å². The molecule has 0 aromatic heterocycles. The van der Waals surface area contributed by atoms with E-state index in [0.717, 1.165) is 8.95 Å². The van der Waals surface area contributed by atoms with Crippen molar-refractivity contribution in [2.75, 3.05) is 0 Å². The number of hydrogen-bond acceptors (Lipinski definition) is 1. The van der Waals surface area contributed by atoms with E-state index in [-0.39, 0.29) is 57.1 Å². The van der Waals surface area contributed by atoms with Crippen LogP contribution in [-0.2, 0) is 0 Å². The molecule has 56 valence electrons. The Hall–Kier alpha value is 2.10. The van der Waals surface area contributed by atoms with Crippen molar-refractivity contribution in [1.82, 2.24) is 0 Å². The van der Waals surface area contributed by atoms with Gasteiger partial charge in [-0.15, -0.1) is 0 Å². The number of rotatable bonds is 0. The number of phenols is 1. The standard InChI is InChI=1S/C6H3Br3O.K.H/c7-3-1-2-4(10)6(9)5(3)8;;/h1-2,10H;;. The fourth-order valence-corrected chi connectivity index (χ4v) is 1.79. The van der Waals surface area contributed by atoms with Crippen molar-refractivity contribution in [2.24, 2.45) is 0 Å². The molecule has 0 amide bonds. The van der Waals surface area contributed by atoms with Crippen LogP contribution in [0.2, 0.25) is 0 Å². The van der Waals surface area contributed by atoms with Crippen LogP contribution < -0.4 is 0 Å². The van der Waals surface area contributed by atoms with Crippen molar-refractivity contribution in [3.05, 3.63) is 25.6 Å². The minimum absolute atomic E-state index is 0. The topological polar surface area (TPSA) is 20.2 Å². The molecule has 0 fully saturated rings. The van der Waals surface area contributed by atoms with Gasteiger partial charge in [-0.1, -0.05) is 0 Å². The van der Waals surface area contributed by atoms with Gasteiger partial charge in [0.05, 0.1) is 4.47 Å². The van der Waals surface area contributed by atoms with Gasteiger partial charge in [0.15, 0.2) is 0 Å². The number of aromatic hydroxyl groups is 1. The molecule has 1 rings (SSSR count). The van der Waals surface area contributed by atoms with Gasteiger partial charge in [-0.2, -0.15) is 0 Å². The van der Waals surface area contributed by atoms with E-state index in [1.54, 1.807) is 12.1 Å². The monoisotopic (exact) mass is 368 g/mol. The minimum atomic E-state index is 0. The molecule has 0 saturated heterocycles. The maximum absolute atomic E-state index is 9.13. The summed E-state index contributed by atoms with van der Waals surface area (Å²) in [7, 11) is 0. The molecule has 11 heavy (non-hydrogen) atoms. The van der Waals surface area contributed by atoms with E-state index in [1.165, 1.54) is 0 Å². The van der Waals surface area contributed by atoms with Crippen LogP contribution in [0.4, 0.5) is 0 Å². The molecule has 1 N–H and O–H groups in total. The predicted molar refractivity (Wildman–Crippen MR) is 58.4 cm³/mol. The molecular weight excluding hydrogens is 367 g/mol. The predicted octanol–water partition coefficient (Wildman–Crippen LogP) is 3.03. The van der Waals surface area contributed by atoms with E-state index >= 15 is 0 Å². The molecular formula is C6H4Br3KO. The first-order chi connectivity index (χ1) is 4.63. The van der Waals surface area contributed by atoms with Crippen LogP contribution in [-0.4, -0.2) is 56.5 Å². The van der Waals surface area contributed by atoms with Gasteiger partial charge in [-0.25, -0.2) is 0 Å². The van der Waals surface area contributed by atoms with Crippen LogP contribution in [0.15, 0.2) is 25.6 Å². The molecule has 0 bridgehead atoms.